The quantitative estimate of drug-likeness (QED) is 0.826. The van der Waals surface area contributed by atoms with E-state index >= 15 is 0 Å². The number of rotatable bonds is 2. The van der Waals surface area contributed by atoms with Crippen molar-refractivity contribution >= 4 is 11.5 Å². The van der Waals surface area contributed by atoms with E-state index in [0.717, 1.165) is 37.5 Å². The first-order valence-electron chi connectivity index (χ1n) is 5.56. The van der Waals surface area contributed by atoms with Crippen LogP contribution in [0.1, 0.15) is 12.8 Å². The topological polar surface area (TPSA) is 51.5 Å². The molecule has 0 atom stereocenters. The Morgan fingerprint density at radius 3 is 3.06 bits per heavy atom. The van der Waals surface area contributed by atoms with Crippen molar-refractivity contribution in [1.82, 2.24) is 14.6 Å². The first-order valence-corrected chi connectivity index (χ1v) is 5.56. The van der Waals surface area contributed by atoms with Crippen molar-refractivity contribution in [3.8, 4) is 0 Å². The molecular weight excluding hydrogens is 204 g/mol. The second-order valence-corrected chi connectivity index (χ2v) is 3.98. The van der Waals surface area contributed by atoms with E-state index in [1.807, 2.05) is 18.3 Å². The third-order valence-corrected chi connectivity index (χ3v) is 2.83. The van der Waals surface area contributed by atoms with Gasteiger partial charge in [-0.05, 0) is 25.0 Å². The molecule has 1 saturated heterocycles. The molecule has 1 fully saturated rings. The molecular formula is C11H14N4O. The van der Waals surface area contributed by atoms with Crippen LogP contribution in [-0.2, 0) is 4.74 Å². The highest BCUT2D eigenvalue weighted by Crippen LogP contribution is 2.13. The Bertz CT molecular complexity index is 476. The highest BCUT2D eigenvalue weighted by molar-refractivity contribution is 5.44. The summed E-state index contributed by atoms with van der Waals surface area (Å²) in [5.74, 6) is 0.900. The summed E-state index contributed by atoms with van der Waals surface area (Å²) in [7, 11) is 0. The predicted octanol–water partition coefficient (Wildman–Crippen LogP) is 1.32. The summed E-state index contributed by atoms with van der Waals surface area (Å²) >= 11 is 0. The van der Waals surface area contributed by atoms with Crippen molar-refractivity contribution in [2.45, 2.75) is 18.9 Å². The monoisotopic (exact) mass is 218 g/mol. The lowest BCUT2D eigenvalue weighted by molar-refractivity contribution is 0.0903. The van der Waals surface area contributed by atoms with Gasteiger partial charge in [0, 0.05) is 31.6 Å². The number of ether oxygens (including phenoxy) is 1. The van der Waals surface area contributed by atoms with E-state index in [9.17, 15) is 0 Å². The molecule has 16 heavy (non-hydrogen) atoms. The zero-order valence-corrected chi connectivity index (χ0v) is 8.97. The van der Waals surface area contributed by atoms with Crippen LogP contribution in [0.15, 0.2) is 24.5 Å². The van der Waals surface area contributed by atoms with Gasteiger partial charge < -0.3 is 10.1 Å². The average Bonchev–Trinajstić information content (AvgIpc) is 2.77. The van der Waals surface area contributed by atoms with Gasteiger partial charge in [0.25, 0.3) is 0 Å². The van der Waals surface area contributed by atoms with Crippen molar-refractivity contribution in [2.75, 3.05) is 18.5 Å². The molecule has 84 valence electrons. The molecule has 0 aromatic carbocycles. The molecule has 1 N–H and O–H groups in total. The summed E-state index contributed by atoms with van der Waals surface area (Å²) in [6.07, 6.45) is 5.69. The van der Waals surface area contributed by atoms with Crippen LogP contribution in [0.5, 0.6) is 0 Å². The second kappa shape index (κ2) is 4.09. The van der Waals surface area contributed by atoms with Crippen LogP contribution in [-0.4, -0.2) is 33.9 Å². The fraction of sp³-hybridized carbons (Fsp3) is 0.455. The number of hydrogen-bond acceptors (Lipinski definition) is 4. The molecule has 3 rings (SSSR count). The molecule has 0 spiro atoms. The second-order valence-electron chi connectivity index (χ2n) is 3.98. The van der Waals surface area contributed by atoms with Gasteiger partial charge in [0.05, 0.1) is 0 Å². The lowest BCUT2D eigenvalue weighted by Gasteiger charge is -2.23. The molecule has 0 unspecified atom stereocenters. The molecule has 3 heterocycles. The Hall–Kier alpha value is -1.62. The molecule has 5 heteroatoms. The van der Waals surface area contributed by atoms with Crippen LogP contribution in [0, 0.1) is 0 Å². The van der Waals surface area contributed by atoms with Gasteiger partial charge in [0.2, 0.25) is 0 Å². The maximum Gasteiger partial charge on any atom is 0.153 e. The van der Waals surface area contributed by atoms with Gasteiger partial charge in [-0.1, -0.05) is 0 Å². The summed E-state index contributed by atoms with van der Waals surface area (Å²) in [4.78, 5) is 4.16. The van der Waals surface area contributed by atoms with Crippen LogP contribution in [0.4, 0.5) is 5.82 Å². The number of nitrogens with one attached hydrogen (secondary N) is 1. The average molecular weight is 218 g/mol. The van der Waals surface area contributed by atoms with Crippen LogP contribution >= 0.6 is 0 Å². The van der Waals surface area contributed by atoms with Gasteiger partial charge in [-0.2, -0.15) is 0 Å². The zero-order chi connectivity index (χ0) is 10.8. The number of fused-ring (bicyclic) bond motifs is 1. The Balaban J connectivity index is 1.77. The van der Waals surface area contributed by atoms with Gasteiger partial charge in [-0.25, -0.2) is 9.50 Å². The molecule has 0 aliphatic carbocycles. The fourth-order valence-corrected chi connectivity index (χ4v) is 1.94. The first-order chi connectivity index (χ1) is 7.92. The van der Waals surface area contributed by atoms with Crippen LogP contribution < -0.4 is 5.32 Å². The first kappa shape index (κ1) is 9.59. The molecule has 5 nitrogen and oxygen atoms in total. The van der Waals surface area contributed by atoms with Gasteiger partial charge in [-0.15, -0.1) is 5.10 Å². The molecule has 0 saturated carbocycles. The summed E-state index contributed by atoms with van der Waals surface area (Å²) in [5.41, 5.74) is 0.873. The minimum atomic E-state index is 0.474. The standard InChI is InChI=1S/C11H14N4O/c1-2-11-12-5-6-15(11)14-10(1)13-9-3-7-16-8-4-9/h1-2,5-6,9H,3-4,7-8H2,(H,13,14). The molecule has 1 aliphatic heterocycles. The normalized spacial score (nSPS) is 17.8. The van der Waals surface area contributed by atoms with Crippen molar-refractivity contribution in [3.63, 3.8) is 0 Å². The largest absolute Gasteiger partial charge is 0.381 e. The van der Waals surface area contributed by atoms with E-state index in [1.165, 1.54) is 0 Å². The minimum Gasteiger partial charge on any atom is -0.381 e. The van der Waals surface area contributed by atoms with Gasteiger partial charge in [0.1, 0.15) is 5.82 Å². The number of aromatic nitrogens is 3. The third-order valence-electron chi connectivity index (χ3n) is 2.83. The maximum atomic E-state index is 5.32. The fourth-order valence-electron chi connectivity index (χ4n) is 1.94. The number of hydrogen-bond donors (Lipinski definition) is 1. The van der Waals surface area contributed by atoms with Crippen molar-refractivity contribution in [2.24, 2.45) is 0 Å². The molecule has 0 radical (unpaired) electrons. The van der Waals surface area contributed by atoms with E-state index in [4.69, 9.17) is 4.74 Å². The van der Waals surface area contributed by atoms with E-state index in [0.29, 0.717) is 6.04 Å². The molecule has 2 aromatic heterocycles. The van der Waals surface area contributed by atoms with Crippen molar-refractivity contribution < 1.29 is 4.74 Å². The lowest BCUT2D eigenvalue weighted by atomic mass is 10.1. The van der Waals surface area contributed by atoms with E-state index < -0.39 is 0 Å². The molecule has 1 aliphatic rings. The van der Waals surface area contributed by atoms with Crippen LogP contribution in [0.2, 0.25) is 0 Å². The van der Waals surface area contributed by atoms with Gasteiger partial charge >= 0.3 is 0 Å². The lowest BCUT2D eigenvalue weighted by Crippen LogP contribution is -2.28. The minimum absolute atomic E-state index is 0.474. The molecule has 0 amide bonds. The van der Waals surface area contributed by atoms with Gasteiger partial charge in [0.15, 0.2) is 5.65 Å². The number of nitrogens with zero attached hydrogens (tertiary/aromatic N) is 3. The Labute approximate surface area is 93.4 Å². The number of anilines is 1. The molecule has 0 bridgehead atoms. The highest BCUT2D eigenvalue weighted by Gasteiger charge is 2.13. The Morgan fingerprint density at radius 2 is 2.19 bits per heavy atom. The van der Waals surface area contributed by atoms with Crippen molar-refractivity contribution in [3.05, 3.63) is 24.5 Å². The maximum absolute atomic E-state index is 5.32. The number of imidazole rings is 1. The van der Waals surface area contributed by atoms with E-state index in [2.05, 4.69) is 15.4 Å². The summed E-state index contributed by atoms with van der Waals surface area (Å²) in [6.45, 7) is 1.68. The smallest absolute Gasteiger partial charge is 0.153 e. The SMILES string of the molecule is c1cn2nc(NC3CCOCC3)ccc2n1. The highest BCUT2D eigenvalue weighted by atomic mass is 16.5. The van der Waals surface area contributed by atoms with Crippen LogP contribution in [0.25, 0.3) is 5.65 Å². The van der Waals surface area contributed by atoms with E-state index in [-0.39, 0.29) is 0 Å². The third kappa shape index (κ3) is 1.86. The van der Waals surface area contributed by atoms with Gasteiger partial charge in [-0.3, -0.25) is 0 Å². The van der Waals surface area contributed by atoms with Crippen molar-refractivity contribution in [1.29, 1.82) is 0 Å². The zero-order valence-electron chi connectivity index (χ0n) is 8.97. The summed E-state index contributed by atoms with van der Waals surface area (Å²) in [5, 5.41) is 7.85. The van der Waals surface area contributed by atoms with E-state index in [1.54, 1.807) is 10.7 Å². The van der Waals surface area contributed by atoms with Crippen LogP contribution in [0.3, 0.4) is 0 Å². The summed E-state index contributed by atoms with van der Waals surface area (Å²) in [6, 6.07) is 4.41. The Kier molecular flexibility index (Phi) is 2.46. The summed E-state index contributed by atoms with van der Waals surface area (Å²) < 4.78 is 7.10. The Morgan fingerprint density at radius 1 is 1.31 bits per heavy atom. The predicted molar refractivity (Wildman–Crippen MR) is 60.5 cm³/mol. The molecule has 2 aromatic rings.